The molecule has 0 fully saturated rings. The molecule has 4 rings (SSSR count). The Kier molecular flexibility index (Phi) is 3.78. The summed E-state index contributed by atoms with van der Waals surface area (Å²) in [5, 5.41) is 5.60. The van der Waals surface area contributed by atoms with Crippen LogP contribution in [0.3, 0.4) is 0 Å². The van der Waals surface area contributed by atoms with Gasteiger partial charge in [-0.05, 0) is 35.1 Å². The second-order valence-electron chi connectivity index (χ2n) is 5.99. The monoisotopic (exact) mass is 334 g/mol. The van der Waals surface area contributed by atoms with Gasteiger partial charge < -0.3 is 5.32 Å². The maximum Gasteiger partial charge on any atom is 0.157 e. The fourth-order valence-electron chi connectivity index (χ4n) is 2.70. The standard InChI is InChI=1S/C19H18N4S/c1-13(2)14-5-7-15(8-6-14)21-19-18(16-4-3-11-24-16)22-17-12-20-9-10-23(17)19/h3-13,21H,1-2H3. The normalized spacial score (nSPS) is 11.3. The van der Waals surface area contributed by atoms with E-state index in [0.29, 0.717) is 5.92 Å². The van der Waals surface area contributed by atoms with Crippen molar-refractivity contribution in [1.29, 1.82) is 0 Å². The molecule has 0 bridgehead atoms. The first-order valence-corrected chi connectivity index (χ1v) is 8.83. The fraction of sp³-hybridized carbons (Fsp3) is 0.158. The zero-order valence-electron chi connectivity index (χ0n) is 13.6. The molecular formula is C19H18N4S. The Morgan fingerprint density at radius 3 is 2.67 bits per heavy atom. The number of thiophene rings is 1. The van der Waals surface area contributed by atoms with E-state index in [9.17, 15) is 0 Å². The van der Waals surface area contributed by atoms with Gasteiger partial charge in [-0.1, -0.05) is 32.0 Å². The first kappa shape index (κ1) is 14.9. The zero-order valence-corrected chi connectivity index (χ0v) is 14.4. The van der Waals surface area contributed by atoms with E-state index >= 15 is 0 Å². The summed E-state index contributed by atoms with van der Waals surface area (Å²) in [7, 11) is 0. The van der Waals surface area contributed by atoms with Gasteiger partial charge in [0.05, 0.1) is 11.1 Å². The number of imidazole rings is 1. The van der Waals surface area contributed by atoms with Gasteiger partial charge >= 0.3 is 0 Å². The highest BCUT2D eigenvalue weighted by atomic mass is 32.1. The van der Waals surface area contributed by atoms with Gasteiger partial charge in [0.2, 0.25) is 0 Å². The van der Waals surface area contributed by atoms with Gasteiger partial charge in [0.25, 0.3) is 0 Å². The lowest BCUT2D eigenvalue weighted by atomic mass is 10.0. The SMILES string of the molecule is CC(C)c1ccc(Nc2c(-c3cccs3)nc3cnccn23)cc1. The van der Waals surface area contributed by atoms with Crippen LogP contribution in [0.5, 0.6) is 0 Å². The van der Waals surface area contributed by atoms with Crippen LogP contribution in [0, 0.1) is 0 Å². The third-order valence-electron chi connectivity index (χ3n) is 4.02. The van der Waals surface area contributed by atoms with Crippen LogP contribution in [0.2, 0.25) is 0 Å². The Labute approximate surface area is 144 Å². The topological polar surface area (TPSA) is 42.2 Å². The maximum absolute atomic E-state index is 4.75. The molecule has 1 N–H and O–H groups in total. The van der Waals surface area contributed by atoms with Gasteiger partial charge in [-0.15, -0.1) is 11.3 Å². The molecule has 1 aromatic carbocycles. The number of nitrogens with zero attached hydrogens (tertiary/aromatic N) is 3. The van der Waals surface area contributed by atoms with E-state index in [-0.39, 0.29) is 0 Å². The molecule has 0 saturated carbocycles. The number of benzene rings is 1. The molecule has 3 aromatic heterocycles. The van der Waals surface area contributed by atoms with Crippen LogP contribution in [0.1, 0.15) is 25.3 Å². The lowest BCUT2D eigenvalue weighted by molar-refractivity contribution is 0.867. The number of hydrogen-bond acceptors (Lipinski definition) is 4. The predicted octanol–water partition coefficient (Wildman–Crippen LogP) is 5.32. The Hall–Kier alpha value is -2.66. The summed E-state index contributed by atoms with van der Waals surface area (Å²) in [5.74, 6) is 1.50. The van der Waals surface area contributed by atoms with Crippen molar-refractivity contribution in [3.63, 3.8) is 0 Å². The zero-order chi connectivity index (χ0) is 16.5. The van der Waals surface area contributed by atoms with Crippen LogP contribution in [-0.4, -0.2) is 14.4 Å². The van der Waals surface area contributed by atoms with Crippen molar-refractivity contribution in [2.75, 3.05) is 5.32 Å². The molecule has 24 heavy (non-hydrogen) atoms. The molecule has 3 heterocycles. The second kappa shape index (κ2) is 6.09. The summed E-state index contributed by atoms with van der Waals surface area (Å²) in [4.78, 5) is 10.1. The highest BCUT2D eigenvalue weighted by molar-refractivity contribution is 7.13. The Bertz CT molecular complexity index is 953. The third-order valence-corrected chi connectivity index (χ3v) is 4.90. The van der Waals surface area contributed by atoms with Gasteiger partial charge in [0, 0.05) is 18.1 Å². The molecule has 0 unspecified atom stereocenters. The van der Waals surface area contributed by atoms with Crippen molar-refractivity contribution in [2.24, 2.45) is 0 Å². The van der Waals surface area contributed by atoms with Crippen molar-refractivity contribution in [1.82, 2.24) is 14.4 Å². The van der Waals surface area contributed by atoms with E-state index in [0.717, 1.165) is 27.7 Å². The molecule has 0 aliphatic carbocycles. The highest BCUT2D eigenvalue weighted by Crippen LogP contribution is 2.33. The van der Waals surface area contributed by atoms with E-state index < -0.39 is 0 Å². The number of rotatable bonds is 4. The molecule has 0 aliphatic rings. The van der Waals surface area contributed by atoms with Crippen molar-refractivity contribution >= 4 is 28.5 Å². The molecule has 0 spiro atoms. The van der Waals surface area contributed by atoms with Gasteiger partial charge in [0.15, 0.2) is 5.65 Å². The summed E-state index contributed by atoms with van der Waals surface area (Å²) in [6, 6.07) is 12.7. The van der Waals surface area contributed by atoms with Crippen LogP contribution in [-0.2, 0) is 0 Å². The molecule has 0 saturated heterocycles. The summed E-state index contributed by atoms with van der Waals surface area (Å²) in [6.07, 6.45) is 5.49. The molecule has 0 amide bonds. The lowest BCUT2D eigenvalue weighted by Gasteiger charge is -2.10. The highest BCUT2D eigenvalue weighted by Gasteiger charge is 2.15. The average molecular weight is 334 g/mol. The lowest BCUT2D eigenvalue weighted by Crippen LogP contribution is -1.97. The minimum absolute atomic E-state index is 0.530. The van der Waals surface area contributed by atoms with Gasteiger partial charge in [-0.25, -0.2) is 4.98 Å². The van der Waals surface area contributed by atoms with Crippen LogP contribution < -0.4 is 5.32 Å². The Balaban J connectivity index is 1.79. The van der Waals surface area contributed by atoms with Crippen molar-refractivity contribution < 1.29 is 0 Å². The van der Waals surface area contributed by atoms with Gasteiger partial charge in [-0.3, -0.25) is 9.38 Å². The number of fused-ring (bicyclic) bond motifs is 1. The van der Waals surface area contributed by atoms with E-state index in [1.54, 1.807) is 23.7 Å². The summed E-state index contributed by atoms with van der Waals surface area (Å²) >= 11 is 1.69. The molecular weight excluding hydrogens is 316 g/mol. The number of aromatic nitrogens is 3. The predicted molar refractivity (Wildman–Crippen MR) is 100 cm³/mol. The van der Waals surface area contributed by atoms with E-state index in [1.807, 2.05) is 16.7 Å². The summed E-state index contributed by atoms with van der Waals surface area (Å²) < 4.78 is 2.04. The van der Waals surface area contributed by atoms with Gasteiger partial charge in [-0.2, -0.15) is 0 Å². The molecule has 0 atom stereocenters. The van der Waals surface area contributed by atoms with E-state index in [4.69, 9.17) is 4.98 Å². The average Bonchev–Trinajstić information content (AvgIpc) is 3.23. The van der Waals surface area contributed by atoms with Crippen LogP contribution in [0.25, 0.3) is 16.2 Å². The number of nitrogens with one attached hydrogen (secondary N) is 1. The summed E-state index contributed by atoms with van der Waals surface area (Å²) in [6.45, 7) is 4.41. The maximum atomic E-state index is 4.75. The number of hydrogen-bond donors (Lipinski definition) is 1. The van der Waals surface area contributed by atoms with Crippen molar-refractivity contribution in [3.8, 4) is 10.6 Å². The number of anilines is 2. The summed E-state index contributed by atoms with van der Waals surface area (Å²) in [5.41, 5.74) is 4.17. The molecule has 120 valence electrons. The Morgan fingerprint density at radius 1 is 1.12 bits per heavy atom. The molecule has 4 aromatic rings. The first-order valence-electron chi connectivity index (χ1n) is 7.95. The van der Waals surface area contributed by atoms with E-state index in [2.05, 4.69) is 59.9 Å². The third kappa shape index (κ3) is 2.67. The quantitative estimate of drug-likeness (QED) is 0.549. The minimum Gasteiger partial charge on any atom is -0.339 e. The van der Waals surface area contributed by atoms with Crippen molar-refractivity contribution in [2.45, 2.75) is 19.8 Å². The molecule has 4 nitrogen and oxygen atoms in total. The first-order chi connectivity index (χ1) is 11.7. The Morgan fingerprint density at radius 2 is 1.96 bits per heavy atom. The van der Waals surface area contributed by atoms with Gasteiger partial charge in [0.1, 0.15) is 11.5 Å². The van der Waals surface area contributed by atoms with Crippen LogP contribution in [0.15, 0.2) is 60.4 Å². The smallest absolute Gasteiger partial charge is 0.157 e. The fourth-order valence-corrected chi connectivity index (χ4v) is 3.41. The molecule has 5 heteroatoms. The largest absolute Gasteiger partial charge is 0.339 e. The van der Waals surface area contributed by atoms with E-state index in [1.165, 1.54) is 5.56 Å². The molecule has 0 aliphatic heterocycles. The van der Waals surface area contributed by atoms with Crippen LogP contribution in [0.4, 0.5) is 11.5 Å². The van der Waals surface area contributed by atoms with Crippen molar-refractivity contribution in [3.05, 3.63) is 65.9 Å². The second-order valence-corrected chi connectivity index (χ2v) is 6.94. The van der Waals surface area contributed by atoms with Crippen LogP contribution >= 0.6 is 11.3 Å². The molecule has 0 radical (unpaired) electrons. The minimum atomic E-state index is 0.530.